The first-order chi connectivity index (χ1) is 5.34. The normalized spacial score (nSPS) is 34.8. The standard InChI is InChI=1S/C6H8F3NO2/c7-6(8,9)4-2(5(4)10)1-3(11)12/h2,4-5H,1,10H2,(H,11,12)/t2-,4-,5-/m1/s1. The Balaban J connectivity index is 2.48. The van der Waals surface area contributed by atoms with Gasteiger partial charge in [0.1, 0.15) is 0 Å². The molecule has 1 rings (SSSR count). The SMILES string of the molecule is N[C@@H]1[C@H](CC(=O)O)[C@H]1C(F)(F)F. The third-order valence-electron chi connectivity index (χ3n) is 2.02. The summed E-state index contributed by atoms with van der Waals surface area (Å²) in [5.74, 6) is -3.78. The van der Waals surface area contributed by atoms with E-state index < -0.39 is 36.4 Å². The molecule has 1 saturated carbocycles. The van der Waals surface area contributed by atoms with Gasteiger partial charge in [-0.1, -0.05) is 0 Å². The maximum Gasteiger partial charge on any atom is 0.393 e. The minimum Gasteiger partial charge on any atom is -0.481 e. The van der Waals surface area contributed by atoms with Gasteiger partial charge in [-0.3, -0.25) is 4.79 Å². The van der Waals surface area contributed by atoms with Crippen LogP contribution in [0.3, 0.4) is 0 Å². The van der Waals surface area contributed by atoms with E-state index in [1.807, 2.05) is 0 Å². The van der Waals surface area contributed by atoms with E-state index in [4.69, 9.17) is 10.8 Å². The summed E-state index contributed by atoms with van der Waals surface area (Å²) in [4.78, 5) is 10.0. The molecule has 70 valence electrons. The van der Waals surface area contributed by atoms with Crippen molar-refractivity contribution in [1.82, 2.24) is 0 Å². The zero-order valence-corrected chi connectivity index (χ0v) is 6.01. The second kappa shape index (κ2) is 2.62. The third kappa shape index (κ3) is 1.69. The molecule has 3 atom stereocenters. The third-order valence-corrected chi connectivity index (χ3v) is 2.02. The van der Waals surface area contributed by atoms with Gasteiger partial charge in [-0.25, -0.2) is 0 Å². The van der Waals surface area contributed by atoms with Crippen LogP contribution in [0.15, 0.2) is 0 Å². The number of aliphatic carboxylic acids is 1. The van der Waals surface area contributed by atoms with Gasteiger partial charge in [-0.15, -0.1) is 0 Å². The van der Waals surface area contributed by atoms with Crippen molar-refractivity contribution in [1.29, 1.82) is 0 Å². The molecule has 0 aromatic carbocycles. The Kier molecular flexibility index (Phi) is 2.03. The van der Waals surface area contributed by atoms with Gasteiger partial charge in [0.05, 0.1) is 12.3 Å². The summed E-state index contributed by atoms with van der Waals surface area (Å²) in [5, 5.41) is 8.20. The van der Waals surface area contributed by atoms with Crippen molar-refractivity contribution in [2.75, 3.05) is 0 Å². The molecule has 0 aromatic heterocycles. The lowest BCUT2D eigenvalue weighted by atomic mass is 10.2. The van der Waals surface area contributed by atoms with Gasteiger partial charge in [0.2, 0.25) is 0 Å². The number of carboxylic acids is 1. The zero-order chi connectivity index (χ0) is 9.52. The van der Waals surface area contributed by atoms with Crippen LogP contribution in [0.25, 0.3) is 0 Å². The van der Waals surface area contributed by atoms with Crippen molar-refractivity contribution in [3.8, 4) is 0 Å². The van der Waals surface area contributed by atoms with Crippen molar-refractivity contribution in [3.05, 3.63) is 0 Å². The average Bonchev–Trinajstić information content (AvgIpc) is 2.37. The van der Waals surface area contributed by atoms with Gasteiger partial charge in [-0.2, -0.15) is 13.2 Å². The van der Waals surface area contributed by atoms with Crippen molar-refractivity contribution in [2.24, 2.45) is 17.6 Å². The molecule has 0 radical (unpaired) electrons. The highest BCUT2D eigenvalue weighted by Gasteiger charge is 2.62. The number of rotatable bonds is 2. The van der Waals surface area contributed by atoms with Gasteiger partial charge >= 0.3 is 12.1 Å². The van der Waals surface area contributed by atoms with Crippen molar-refractivity contribution < 1.29 is 23.1 Å². The second-order valence-corrected chi connectivity index (χ2v) is 2.91. The number of hydrogen-bond donors (Lipinski definition) is 2. The highest BCUT2D eigenvalue weighted by atomic mass is 19.4. The lowest BCUT2D eigenvalue weighted by Gasteiger charge is -2.02. The molecule has 1 fully saturated rings. The van der Waals surface area contributed by atoms with Crippen LogP contribution in [0.4, 0.5) is 13.2 Å². The largest absolute Gasteiger partial charge is 0.481 e. The fourth-order valence-electron chi connectivity index (χ4n) is 1.33. The number of hydrogen-bond acceptors (Lipinski definition) is 2. The van der Waals surface area contributed by atoms with Crippen molar-refractivity contribution in [3.63, 3.8) is 0 Å². The summed E-state index contributed by atoms with van der Waals surface area (Å²) < 4.78 is 35.8. The molecule has 0 aliphatic heterocycles. The summed E-state index contributed by atoms with van der Waals surface area (Å²) in [6.07, 6.45) is -4.84. The summed E-state index contributed by atoms with van der Waals surface area (Å²) in [6, 6.07) is -1.03. The number of alkyl halides is 3. The Morgan fingerprint density at radius 3 is 2.25 bits per heavy atom. The Bertz CT molecular complexity index is 203. The quantitative estimate of drug-likeness (QED) is 0.658. The number of carbonyl (C=O) groups is 1. The Morgan fingerprint density at radius 2 is 2.00 bits per heavy atom. The molecule has 6 heteroatoms. The van der Waals surface area contributed by atoms with Gasteiger partial charge in [0.25, 0.3) is 0 Å². The Labute approximate surface area is 66.4 Å². The highest BCUT2D eigenvalue weighted by molar-refractivity contribution is 5.67. The molecular weight excluding hydrogens is 175 g/mol. The molecule has 0 amide bonds. The molecule has 0 spiro atoms. The summed E-state index contributed by atoms with van der Waals surface area (Å²) >= 11 is 0. The van der Waals surface area contributed by atoms with E-state index >= 15 is 0 Å². The molecule has 1 aliphatic rings. The molecule has 0 heterocycles. The van der Waals surface area contributed by atoms with E-state index in [0.29, 0.717) is 0 Å². The smallest absolute Gasteiger partial charge is 0.393 e. The Hall–Kier alpha value is -0.780. The molecule has 0 aromatic rings. The first-order valence-corrected chi connectivity index (χ1v) is 3.38. The average molecular weight is 183 g/mol. The van der Waals surface area contributed by atoms with Crippen LogP contribution >= 0.6 is 0 Å². The van der Waals surface area contributed by atoms with Gasteiger partial charge in [0.15, 0.2) is 0 Å². The van der Waals surface area contributed by atoms with E-state index in [1.165, 1.54) is 0 Å². The monoisotopic (exact) mass is 183 g/mol. The number of halogens is 3. The molecule has 0 bridgehead atoms. The molecule has 12 heavy (non-hydrogen) atoms. The van der Waals surface area contributed by atoms with E-state index in [9.17, 15) is 18.0 Å². The van der Waals surface area contributed by atoms with Crippen LogP contribution in [-0.2, 0) is 4.79 Å². The molecule has 0 unspecified atom stereocenters. The van der Waals surface area contributed by atoms with Crippen LogP contribution in [0.2, 0.25) is 0 Å². The van der Waals surface area contributed by atoms with Crippen LogP contribution in [0.5, 0.6) is 0 Å². The first kappa shape index (κ1) is 9.31. The van der Waals surface area contributed by atoms with Gasteiger partial charge in [-0.05, 0) is 5.92 Å². The number of nitrogens with two attached hydrogens (primary N) is 1. The van der Waals surface area contributed by atoms with Crippen LogP contribution in [-0.4, -0.2) is 23.3 Å². The molecule has 0 saturated heterocycles. The topological polar surface area (TPSA) is 63.3 Å². The van der Waals surface area contributed by atoms with E-state index in [1.54, 1.807) is 0 Å². The van der Waals surface area contributed by atoms with E-state index in [0.717, 1.165) is 0 Å². The fourth-order valence-corrected chi connectivity index (χ4v) is 1.33. The van der Waals surface area contributed by atoms with E-state index in [2.05, 4.69) is 0 Å². The van der Waals surface area contributed by atoms with E-state index in [-0.39, 0.29) is 0 Å². The first-order valence-electron chi connectivity index (χ1n) is 3.38. The predicted molar refractivity (Wildman–Crippen MR) is 33.3 cm³/mol. The number of carboxylic acid groups (broad SMARTS) is 1. The molecule has 3 nitrogen and oxygen atoms in total. The summed E-state index contributed by atoms with van der Waals surface area (Å²) in [6.45, 7) is 0. The minimum absolute atomic E-state index is 0.495. The van der Waals surface area contributed by atoms with Crippen LogP contribution in [0, 0.1) is 11.8 Å². The van der Waals surface area contributed by atoms with Crippen molar-refractivity contribution in [2.45, 2.75) is 18.6 Å². The fraction of sp³-hybridized carbons (Fsp3) is 0.833. The summed E-state index contributed by atoms with van der Waals surface area (Å²) in [7, 11) is 0. The molecule has 3 N–H and O–H groups in total. The lowest BCUT2D eigenvalue weighted by Crippen LogP contribution is -2.17. The highest BCUT2D eigenvalue weighted by Crippen LogP contribution is 2.50. The molecule has 1 aliphatic carbocycles. The lowest BCUT2D eigenvalue weighted by molar-refractivity contribution is -0.153. The maximum atomic E-state index is 11.9. The maximum absolute atomic E-state index is 11.9. The summed E-state index contributed by atoms with van der Waals surface area (Å²) in [5.41, 5.74) is 5.06. The van der Waals surface area contributed by atoms with Crippen LogP contribution < -0.4 is 5.73 Å². The Morgan fingerprint density at radius 1 is 1.50 bits per heavy atom. The van der Waals surface area contributed by atoms with Gasteiger partial charge < -0.3 is 10.8 Å². The van der Waals surface area contributed by atoms with Crippen molar-refractivity contribution >= 4 is 5.97 Å². The molecular formula is C6H8F3NO2. The zero-order valence-electron chi connectivity index (χ0n) is 6.01. The second-order valence-electron chi connectivity index (χ2n) is 2.91. The van der Waals surface area contributed by atoms with Crippen LogP contribution in [0.1, 0.15) is 6.42 Å². The predicted octanol–water partition coefficient (Wildman–Crippen LogP) is 0.597. The minimum atomic E-state index is -4.35. The van der Waals surface area contributed by atoms with Gasteiger partial charge in [0, 0.05) is 6.04 Å².